The molecule has 1 rings (SSSR count). The zero-order valence-electron chi connectivity index (χ0n) is 12.7. The lowest BCUT2D eigenvalue weighted by Crippen LogP contribution is -2.29. The summed E-state index contributed by atoms with van der Waals surface area (Å²) in [5, 5.41) is 16.7. The molecule has 0 bridgehead atoms. The van der Waals surface area contributed by atoms with E-state index in [0.29, 0.717) is 31.7 Å². The van der Waals surface area contributed by atoms with Gasteiger partial charge in [-0.2, -0.15) is 5.10 Å². The maximum absolute atomic E-state index is 12.0. The summed E-state index contributed by atoms with van der Waals surface area (Å²) >= 11 is 6.05. The first kappa shape index (κ1) is 17.9. The molecule has 0 aliphatic heterocycles. The number of hydrogen-bond acceptors (Lipinski definition) is 6. The molecular weight excluding hydrogens is 296 g/mol. The van der Waals surface area contributed by atoms with Crippen LogP contribution in [0.1, 0.15) is 6.42 Å². The summed E-state index contributed by atoms with van der Waals surface area (Å²) in [7, 11) is 5.38. The minimum atomic E-state index is -0.547. The van der Waals surface area contributed by atoms with Crippen LogP contribution in [0.15, 0.2) is 11.0 Å². The van der Waals surface area contributed by atoms with Crippen molar-refractivity contribution in [1.82, 2.24) is 14.7 Å². The van der Waals surface area contributed by atoms with Gasteiger partial charge in [0.2, 0.25) is 0 Å². The molecule has 0 aromatic carbocycles. The number of aliphatic hydroxyl groups is 1. The quantitative estimate of drug-likeness (QED) is 0.680. The fourth-order valence-corrected chi connectivity index (χ4v) is 1.90. The normalized spacial score (nSPS) is 12.7. The average Bonchev–Trinajstić information content (AvgIpc) is 2.42. The predicted octanol–water partition coefficient (Wildman–Crippen LogP) is 0.268. The molecule has 0 aliphatic carbocycles. The molecular formula is C13H23ClN4O3. The summed E-state index contributed by atoms with van der Waals surface area (Å²) in [5.41, 5.74) is 0.161. The highest BCUT2D eigenvalue weighted by Gasteiger charge is 2.10. The Labute approximate surface area is 129 Å². The lowest BCUT2D eigenvalue weighted by atomic mass is 10.2. The molecule has 120 valence electrons. The lowest BCUT2D eigenvalue weighted by molar-refractivity contribution is 0.0615. The van der Waals surface area contributed by atoms with Gasteiger partial charge in [-0.3, -0.25) is 4.79 Å². The summed E-state index contributed by atoms with van der Waals surface area (Å²) in [6.07, 6.45) is 1.48. The summed E-state index contributed by atoms with van der Waals surface area (Å²) in [6, 6.07) is 0. The Morgan fingerprint density at radius 1 is 1.57 bits per heavy atom. The van der Waals surface area contributed by atoms with Crippen LogP contribution in [0, 0.1) is 0 Å². The van der Waals surface area contributed by atoms with Crippen molar-refractivity contribution in [3.05, 3.63) is 21.6 Å². The first-order chi connectivity index (χ1) is 9.95. The fraction of sp³-hybridized carbons (Fsp3) is 0.692. The van der Waals surface area contributed by atoms with Crippen molar-refractivity contribution >= 4 is 17.3 Å². The molecule has 0 aliphatic rings. The van der Waals surface area contributed by atoms with Gasteiger partial charge < -0.3 is 20.1 Å². The number of nitrogens with zero attached hydrogens (tertiary/aromatic N) is 3. The van der Waals surface area contributed by atoms with Gasteiger partial charge in [0.05, 0.1) is 31.1 Å². The van der Waals surface area contributed by atoms with Crippen molar-refractivity contribution in [1.29, 1.82) is 0 Å². The highest BCUT2D eigenvalue weighted by atomic mass is 35.5. The SMILES string of the molecule is COCC(O)CCNc1cnn(CCN(C)C)c(=O)c1Cl. The van der Waals surface area contributed by atoms with Crippen molar-refractivity contribution in [3.63, 3.8) is 0 Å². The fourth-order valence-electron chi connectivity index (χ4n) is 1.69. The van der Waals surface area contributed by atoms with E-state index < -0.39 is 6.10 Å². The maximum Gasteiger partial charge on any atom is 0.287 e. The van der Waals surface area contributed by atoms with E-state index in [4.69, 9.17) is 16.3 Å². The predicted molar refractivity (Wildman–Crippen MR) is 83.1 cm³/mol. The van der Waals surface area contributed by atoms with E-state index in [0.717, 1.165) is 0 Å². The number of halogens is 1. The summed E-state index contributed by atoms with van der Waals surface area (Å²) in [4.78, 5) is 14.0. The third-order valence-corrected chi connectivity index (χ3v) is 3.26. The maximum atomic E-state index is 12.0. The van der Waals surface area contributed by atoms with Crippen LogP contribution in [0.3, 0.4) is 0 Å². The number of methoxy groups -OCH3 is 1. The van der Waals surface area contributed by atoms with Gasteiger partial charge in [-0.1, -0.05) is 11.6 Å². The van der Waals surface area contributed by atoms with Crippen molar-refractivity contribution in [3.8, 4) is 0 Å². The third kappa shape index (κ3) is 6.01. The minimum Gasteiger partial charge on any atom is -0.391 e. The Morgan fingerprint density at radius 3 is 2.90 bits per heavy atom. The molecule has 0 spiro atoms. The summed E-state index contributed by atoms with van der Waals surface area (Å²) in [5.74, 6) is 0. The van der Waals surface area contributed by atoms with Crippen molar-refractivity contribution < 1.29 is 9.84 Å². The van der Waals surface area contributed by atoms with E-state index in [1.807, 2.05) is 19.0 Å². The standard InChI is InChI=1S/C13H23ClN4O3/c1-17(2)6-7-18-13(20)12(14)11(8-16-18)15-5-4-10(19)9-21-3/h8,10,15,19H,4-7,9H2,1-3H3. The van der Waals surface area contributed by atoms with E-state index in [9.17, 15) is 9.90 Å². The second-order valence-corrected chi connectivity index (χ2v) is 5.41. The zero-order valence-corrected chi connectivity index (χ0v) is 13.4. The molecule has 0 fully saturated rings. The molecule has 0 radical (unpaired) electrons. The van der Waals surface area contributed by atoms with Gasteiger partial charge in [-0.05, 0) is 20.5 Å². The molecule has 1 unspecified atom stereocenters. The van der Waals surface area contributed by atoms with Crippen LogP contribution >= 0.6 is 11.6 Å². The second-order valence-electron chi connectivity index (χ2n) is 5.03. The Morgan fingerprint density at radius 2 is 2.29 bits per heavy atom. The van der Waals surface area contributed by atoms with E-state index in [1.165, 1.54) is 18.0 Å². The third-order valence-electron chi connectivity index (χ3n) is 2.90. The molecule has 2 N–H and O–H groups in total. The molecule has 1 aromatic heterocycles. The Bertz CT molecular complexity index is 493. The van der Waals surface area contributed by atoms with Crippen LogP contribution in [0.4, 0.5) is 5.69 Å². The molecule has 1 heterocycles. The van der Waals surface area contributed by atoms with Crippen molar-refractivity contribution in [2.45, 2.75) is 19.1 Å². The Kier molecular flexibility index (Phi) is 7.66. The van der Waals surface area contributed by atoms with Crippen LogP contribution in [0.5, 0.6) is 0 Å². The van der Waals surface area contributed by atoms with Gasteiger partial charge in [0.1, 0.15) is 5.02 Å². The first-order valence-corrected chi connectivity index (χ1v) is 7.14. The van der Waals surface area contributed by atoms with Gasteiger partial charge >= 0.3 is 0 Å². The second kappa shape index (κ2) is 8.99. The highest BCUT2D eigenvalue weighted by Crippen LogP contribution is 2.15. The van der Waals surface area contributed by atoms with Crippen molar-refractivity contribution in [2.75, 3.05) is 46.2 Å². The minimum absolute atomic E-state index is 0.116. The number of likely N-dealkylation sites (N-methyl/N-ethyl adjacent to an activating group) is 1. The molecule has 1 atom stereocenters. The average molecular weight is 319 g/mol. The number of ether oxygens (including phenoxy) is 1. The number of rotatable bonds is 9. The summed E-state index contributed by atoms with van der Waals surface area (Å²) < 4.78 is 6.18. The first-order valence-electron chi connectivity index (χ1n) is 6.77. The summed E-state index contributed by atoms with van der Waals surface area (Å²) in [6.45, 7) is 1.95. The van der Waals surface area contributed by atoms with Crippen LogP contribution < -0.4 is 10.9 Å². The van der Waals surface area contributed by atoms with Crippen LogP contribution in [-0.2, 0) is 11.3 Å². The number of nitrogens with one attached hydrogen (secondary N) is 1. The van der Waals surface area contributed by atoms with E-state index in [1.54, 1.807) is 0 Å². The van der Waals surface area contributed by atoms with Crippen LogP contribution in [-0.4, -0.2) is 66.8 Å². The number of aliphatic hydroxyl groups excluding tert-OH is 1. The molecule has 1 aromatic rings. The number of hydrogen-bond donors (Lipinski definition) is 2. The largest absolute Gasteiger partial charge is 0.391 e. The van der Waals surface area contributed by atoms with Crippen LogP contribution in [0.25, 0.3) is 0 Å². The molecule has 0 saturated heterocycles. The van der Waals surface area contributed by atoms with Gasteiger partial charge in [0, 0.05) is 20.2 Å². The van der Waals surface area contributed by atoms with E-state index in [2.05, 4.69) is 10.4 Å². The van der Waals surface area contributed by atoms with E-state index >= 15 is 0 Å². The molecule has 8 heteroatoms. The van der Waals surface area contributed by atoms with Gasteiger partial charge in [0.25, 0.3) is 5.56 Å². The zero-order chi connectivity index (χ0) is 15.8. The Balaban J connectivity index is 2.61. The lowest BCUT2D eigenvalue weighted by Gasteiger charge is -2.13. The number of anilines is 1. The monoisotopic (exact) mass is 318 g/mol. The highest BCUT2D eigenvalue weighted by molar-refractivity contribution is 6.32. The number of aromatic nitrogens is 2. The molecule has 7 nitrogen and oxygen atoms in total. The molecule has 0 amide bonds. The van der Waals surface area contributed by atoms with E-state index in [-0.39, 0.29) is 17.2 Å². The smallest absolute Gasteiger partial charge is 0.287 e. The molecule has 21 heavy (non-hydrogen) atoms. The Hall–Kier alpha value is -1.15. The molecule has 0 saturated carbocycles. The van der Waals surface area contributed by atoms with Gasteiger partial charge in [0.15, 0.2) is 0 Å². The van der Waals surface area contributed by atoms with Gasteiger partial charge in [-0.15, -0.1) is 0 Å². The van der Waals surface area contributed by atoms with Gasteiger partial charge in [-0.25, -0.2) is 4.68 Å². The van der Waals surface area contributed by atoms with Crippen molar-refractivity contribution in [2.24, 2.45) is 0 Å². The van der Waals surface area contributed by atoms with Crippen LogP contribution in [0.2, 0.25) is 5.02 Å². The topological polar surface area (TPSA) is 79.6 Å².